The minimum absolute atomic E-state index is 0.455. The van der Waals surface area contributed by atoms with Gasteiger partial charge >= 0.3 is 0 Å². The van der Waals surface area contributed by atoms with Crippen LogP contribution in [-0.4, -0.2) is 24.9 Å². The number of hydrogen-bond donors (Lipinski definition) is 1. The van der Waals surface area contributed by atoms with E-state index in [1.165, 1.54) is 0 Å². The summed E-state index contributed by atoms with van der Waals surface area (Å²) in [5.41, 5.74) is 0. The van der Waals surface area contributed by atoms with E-state index in [-0.39, 0.29) is 0 Å². The molecule has 0 bridgehead atoms. The van der Waals surface area contributed by atoms with Crippen LogP contribution in [0.3, 0.4) is 0 Å². The quantitative estimate of drug-likeness (QED) is 0.717. The zero-order valence-electron chi connectivity index (χ0n) is 6.89. The van der Waals surface area contributed by atoms with Gasteiger partial charge in [0.25, 0.3) is 0 Å². The normalized spacial score (nSPS) is 10.5. The average Bonchev–Trinajstić information content (AvgIpc) is 2.64. The van der Waals surface area contributed by atoms with Crippen LogP contribution in [0.2, 0.25) is 0 Å². The first-order valence-corrected chi connectivity index (χ1v) is 4.05. The number of rotatable bonds is 2. The second-order valence-corrected chi connectivity index (χ2v) is 2.91. The van der Waals surface area contributed by atoms with Gasteiger partial charge in [0, 0.05) is 0 Å². The van der Waals surface area contributed by atoms with Gasteiger partial charge in [-0.1, -0.05) is 5.16 Å². The SMILES string of the molecule is Cc1noc(Cn2cn[nH]c2=S)n1. The summed E-state index contributed by atoms with van der Waals surface area (Å²) in [7, 11) is 0. The summed E-state index contributed by atoms with van der Waals surface area (Å²) in [6, 6.07) is 0. The first-order valence-electron chi connectivity index (χ1n) is 3.65. The van der Waals surface area contributed by atoms with Crippen LogP contribution in [0.5, 0.6) is 0 Å². The van der Waals surface area contributed by atoms with E-state index in [4.69, 9.17) is 16.7 Å². The maximum atomic E-state index is 4.95. The lowest BCUT2D eigenvalue weighted by atomic mass is 10.6. The molecule has 0 saturated heterocycles. The number of aromatic amines is 1. The van der Waals surface area contributed by atoms with Crippen LogP contribution in [0.25, 0.3) is 0 Å². The fraction of sp³-hybridized carbons (Fsp3) is 0.333. The maximum Gasteiger partial charge on any atom is 0.246 e. The van der Waals surface area contributed by atoms with Gasteiger partial charge in [0.2, 0.25) is 5.89 Å². The highest BCUT2D eigenvalue weighted by atomic mass is 32.1. The molecular formula is C6H7N5OS. The highest BCUT2D eigenvalue weighted by Gasteiger charge is 2.03. The highest BCUT2D eigenvalue weighted by molar-refractivity contribution is 7.71. The first kappa shape index (κ1) is 8.11. The van der Waals surface area contributed by atoms with Crippen LogP contribution in [0.15, 0.2) is 10.9 Å². The molecule has 0 amide bonds. The Morgan fingerprint density at radius 3 is 3.08 bits per heavy atom. The Labute approximate surface area is 78.6 Å². The number of nitrogens with zero attached hydrogens (tertiary/aromatic N) is 4. The van der Waals surface area contributed by atoms with E-state index in [2.05, 4.69) is 20.3 Å². The van der Waals surface area contributed by atoms with Crippen LogP contribution < -0.4 is 0 Å². The fourth-order valence-corrected chi connectivity index (χ4v) is 1.10. The molecule has 68 valence electrons. The number of H-pyrrole nitrogens is 1. The summed E-state index contributed by atoms with van der Waals surface area (Å²) >= 11 is 4.95. The lowest BCUT2D eigenvalue weighted by Gasteiger charge is -1.92. The molecular weight excluding hydrogens is 190 g/mol. The predicted octanol–water partition coefficient (Wildman–Crippen LogP) is 0.680. The third-order valence-corrected chi connectivity index (χ3v) is 1.82. The average molecular weight is 197 g/mol. The Kier molecular flexibility index (Phi) is 1.93. The van der Waals surface area contributed by atoms with Gasteiger partial charge in [-0.2, -0.15) is 10.1 Å². The van der Waals surface area contributed by atoms with Gasteiger partial charge in [-0.15, -0.1) is 0 Å². The van der Waals surface area contributed by atoms with Gasteiger partial charge < -0.3 is 4.52 Å². The first-order chi connectivity index (χ1) is 6.25. The van der Waals surface area contributed by atoms with Crippen molar-refractivity contribution < 1.29 is 4.52 Å². The minimum Gasteiger partial charge on any atom is -0.337 e. The van der Waals surface area contributed by atoms with Crippen LogP contribution in [0.4, 0.5) is 0 Å². The van der Waals surface area contributed by atoms with Gasteiger partial charge in [0.05, 0.1) is 0 Å². The topological polar surface area (TPSA) is 72.5 Å². The van der Waals surface area contributed by atoms with Crippen molar-refractivity contribution in [1.29, 1.82) is 0 Å². The second-order valence-electron chi connectivity index (χ2n) is 2.52. The molecule has 0 unspecified atom stereocenters. The number of hydrogen-bond acceptors (Lipinski definition) is 5. The molecule has 0 fully saturated rings. The van der Waals surface area contributed by atoms with Gasteiger partial charge in [-0.05, 0) is 19.1 Å². The van der Waals surface area contributed by atoms with Crippen molar-refractivity contribution in [3.05, 3.63) is 22.8 Å². The van der Waals surface area contributed by atoms with Crippen LogP contribution in [0, 0.1) is 11.7 Å². The number of aryl methyl sites for hydroxylation is 1. The predicted molar refractivity (Wildman–Crippen MR) is 45.5 cm³/mol. The van der Waals surface area contributed by atoms with Crippen molar-refractivity contribution >= 4 is 12.2 Å². The molecule has 1 N–H and O–H groups in total. The molecule has 0 aliphatic carbocycles. The largest absolute Gasteiger partial charge is 0.337 e. The number of nitrogens with one attached hydrogen (secondary N) is 1. The lowest BCUT2D eigenvalue weighted by molar-refractivity contribution is 0.367. The van der Waals surface area contributed by atoms with E-state index in [0.29, 0.717) is 23.0 Å². The van der Waals surface area contributed by atoms with E-state index in [0.717, 1.165) is 0 Å². The van der Waals surface area contributed by atoms with Crippen molar-refractivity contribution in [2.75, 3.05) is 0 Å². The third-order valence-electron chi connectivity index (χ3n) is 1.49. The standard InChI is InChI=1S/C6H7N5OS/c1-4-8-5(12-10-4)2-11-3-7-9-6(11)13/h3H,2H2,1H3,(H,9,13). The summed E-state index contributed by atoms with van der Waals surface area (Å²) < 4.78 is 7.17. The molecule has 2 rings (SSSR count). The van der Waals surface area contributed by atoms with E-state index in [1.54, 1.807) is 17.8 Å². The monoisotopic (exact) mass is 197 g/mol. The van der Waals surface area contributed by atoms with E-state index in [9.17, 15) is 0 Å². The highest BCUT2D eigenvalue weighted by Crippen LogP contribution is 1.99. The van der Waals surface area contributed by atoms with E-state index < -0.39 is 0 Å². The van der Waals surface area contributed by atoms with Gasteiger partial charge in [-0.3, -0.25) is 9.67 Å². The summed E-state index contributed by atoms with van der Waals surface area (Å²) in [6.45, 7) is 2.22. The van der Waals surface area contributed by atoms with Crippen LogP contribution in [-0.2, 0) is 6.54 Å². The zero-order chi connectivity index (χ0) is 9.26. The molecule has 2 heterocycles. The smallest absolute Gasteiger partial charge is 0.246 e. The Balaban J connectivity index is 2.24. The van der Waals surface area contributed by atoms with E-state index >= 15 is 0 Å². The van der Waals surface area contributed by atoms with Crippen molar-refractivity contribution in [1.82, 2.24) is 24.9 Å². The Hall–Kier alpha value is -1.50. The molecule has 7 heteroatoms. The van der Waals surface area contributed by atoms with Crippen molar-refractivity contribution in [3.8, 4) is 0 Å². The molecule has 0 aliphatic rings. The van der Waals surface area contributed by atoms with Crippen LogP contribution >= 0.6 is 12.2 Å². The third kappa shape index (κ3) is 1.64. The molecule has 2 aromatic heterocycles. The van der Waals surface area contributed by atoms with Crippen molar-refractivity contribution in [3.63, 3.8) is 0 Å². The van der Waals surface area contributed by atoms with Gasteiger partial charge in [0.15, 0.2) is 10.6 Å². The summed E-state index contributed by atoms with van der Waals surface area (Å²) in [6.07, 6.45) is 1.59. The molecule has 13 heavy (non-hydrogen) atoms. The lowest BCUT2D eigenvalue weighted by Crippen LogP contribution is -1.98. The molecule has 0 saturated carbocycles. The molecule has 0 atom stereocenters. The minimum atomic E-state index is 0.455. The fourth-order valence-electron chi connectivity index (χ4n) is 0.933. The molecule has 0 radical (unpaired) electrons. The summed E-state index contributed by atoms with van der Waals surface area (Å²) in [5, 5.41) is 10.1. The summed E-state index contributed by atoms with van der Waals surface area (Å²) in [5.74, 6) is 1.14. The molecule has 0 aliphatic heterocycles. The van der Waals surface area contributed by atoms with Crippen molar-refractivity contribution in [2.45, 2.75) is 13.5 Å². The van der Waals surface area contributed by atoms with Gasteiger partial charge in [-0.25, -0.2) is 0 Å². The molecule has 0 spiro atoms. The summed E-state index contributed by atoms with van der Waals surface area (Å²) in [4.78, 5) is 4.04. The number of aromatic nitrogens is 5. The van der Waals surface area contributed by atoms with E-state index in [1.807, 2.05) is 0 Å². The maximum absolute atomic E-state index is 4.95. The Bertz CT molecular complexity index is 455. The van der Waals surface area contributed by atoms with Crippen molar-refractivity contribution in [2.24, 2.45) is 0 Å². The van der Waals surface area contributed by atoms with Gasteiger partial charge in [0.1, 0.15) is 12.9 Å². The second kappa shape index (κ2) is 3.09. The molecule has 6 nitrogen and oxygen atoms in total. The zero-order valence-corrected chi connectivity index (χ0v) is 7.71. The Morgan fingerprint density at radius 2 is 2.54 bits per heavy atom. The Morgan fingerprint density at radius 1 is 1.69 bits per heavy atom. The van der Waals surface area contributed by atoms with Crippen LogP contribution in [0.1, 0.15) is 11.7 Å². The molecule has 0 aromatic carbocycles. The molecule has 2 aromatic rings.